The second-order valence-electron chi connectivity index (χ2n) is 4.55. The summed E-state index contributed by atoms with van der Waals surface area (Å²) >= 11 is 11.9. The van der Waals surface area contributed by atoms with E-state index in [4.69, 9.17) is 23.2 Å². The molecule has 3 nitrogen and oxygen atoms in total. The first-order valence-electron chi connectivity index (χ1n) is 5.51. The van der Waals surface area contributed by atoms with Crippen molar-refractivity contribution >= 4 is 29.0 Å². The number of aromatic nitrogens is 2. The summed E-state index contributed by atoms with van der Waals surface area (Å²) in [6, 6.07) is 0. The van der Waals surface area contributed by atoms with Crippen molar-refractivity contribution in [1.29, 1.82) is 0 Å². The Hall–Kier alpha value is -0.540. The van der Waals surface area contributed by atoms with Crippen molar-refractivity contribution in [3.05, 3.63) is 16.5 Å². The van der Waals surface area contributed by atoms with Crippen LogP contribution in [0.3, 0.4) is 0 Å². The maximum absolute atomic E-state index is 6.08. The highest BCUT2D eigenvalue weighted by atomic mass is 35.5. The van der Waals surface area contributed by atoms with Crippen molar-refractivity contribution in [1.82, 2.24) is 9.97 Å². The van der Waals surface area contributed by atoms with Crippen LogP contribution in [0, 0.1) is 11.8 Å². The standard InChI is InChI=1S/C11H15Cl2N3/c1-7(2)8-3-4-16(6-8)10-9(12)5-14-11(13)15-10/h5,7-8H,3-4,6H2,1-2H3. The van der Waals surface area contributed by atoms with Crippen LogP contribution in [0.2, 0.25) is 10.3 Å². The summed E-state index contributed by atoms with van der Waals surface area (Å²) in [5.41, 5.74) is 0. The number of nitrogens with zero attached hydrogens (tertiary/aromatic N) is 3. The van der Waals surface area contributed by atoms with Gasteiger partial charge in [-0.05, 0) is 29.9 Å². The zero-order valence-electron chi connectivity index (χ0n) is 9.45. The van der Waals surface area contributed by atoms with Crippen LogP contribution in [0.15, 0.2) is 6.20 Å². The predicted octanol–water partition coefficient (Wildman–Crippen LogP) is 3.27. The topological polar surface area (TPSA) is 29.0 Å². The molecule has 0 bridgehead atoms. The molecule has 88 valence electrons. The number of rotatable bonds is 2. The van der Waals surface area contributed by atoms with E-state index in [1.54, 1.807) is 6.20 Å². The normalized spacial score (nSPS) is 20.8. The van der Waals surface area contributed by atoms with Gasteiger partial charge in [0.15, 0.2) is 5.82 Å². The lowest BCUT2D eigenvalue weighted by Gasteiger charge is -2.19. The maximum Gasteiger partial charge on any atom is 0.224 e. The van der Waals surface area contributed by atoms with Gasteiger partial charge in [-0.15, -0.1) is 0 Å². The first-order valence-corrected chi connectivity index (χ1v) is 6.26. The highest BCUT2D eigenvalue weighted by Crippen LogP contribution is 2.31. The number of anilines is 1. The fourth-order valence-electron chi connectivity index (χ4n) is 2.08. The minimum absolute atomic E-state index is 0.257. The van der Waals surface area contributed by atoms with Gasteiger partial charge in [0.05, 0.1) is 6.20 Å². The smallest absolute Gasteiger partial charge is 0.224 e. The van der Waals surface area contributed by atoms with Crippen molar-refractivity contribution in [3.8, 4) is 0 Å². The van der Waals surface area contributed by atoms with Crippen LogP contribution in [0.4, 0.5) is 5.82 Å². The molecule has 0 amide bonds. The van der Waals surface area contributed by atoms with Crippen molar-refractivity contribution in [2.45, 2.75) is 20.3 Å². The van der Waals surface area contributed by atoms with E-state index >= 15 is 0 Å². The third-order valence-electron chi connectivity index (χ3n) is 3.16. The molecule has 0 radical (unpaired) electrons. The molecule has 1 aliphatic rings. The van der Waals surface area contributed by atoms with E-state index < -0.39 is 0 Å². The molecule has 1 aliphatic heterocycles. The van der Waals surface area contributed by atoms with E-state index in [0.29, 0.717) is 16.9 Å². The zero-order chi connectivity index (χ0) is 11.7. The summed E-state index contributed by atoms with van der Waals surface area (Å²) in [6.45, 7) is 6.51. The summed E-state index contributed by atoms with van der Waals surface area (Å²) in [5, 5.41) is 0.834. The average Bonchev–Trinajstić information content (AvgIpc) is 2.70. The van der Waals surface area contributed by atoms with E-state index in [1.165, 1.54) is 6.42 Å². The van der Waals surface area contributed by atoms with Gasteiger partial charge in [0.25, 0.3) is 0 Å². The highest BCUT2D eigenvalue weighted by molar-refractivity contribution is 6.33. The molecule has 5 heteroatoms. The van der Waals surface area contributed by atoms with E-state index in [1.807, 2.05) is 0 Å². The van der Waals surface area contributed by atoms with Gasteiger partial charge in [-0.1, -0.05) is 25.4 Å². The molecule has 0 spiro atoms. The molecule has 1 aromatic rings. The van der Waals surface area contributed by atoms with Crippen LogP contribution >= 0.6 is 23.2 Å². The van der Waals surface area contributed by atoms with Gasteiger partial charge in [-0.2, -0.15) is 4.98 Å². The molecular formula is C11H15Cl2N3. The first kappa shape index (κ1) is 11.9. The van der Waals surface area contributed by atoms with Gasteiger partial charge in [0.1, 0.15) is 5.02 Å². The molecule has 0 saturated carbocycles. The first-order chi connectivity index (χ1) is 7.58. The summed E-state index contributed by atoms with van der Waals surface area (Å²) in [5.74, 6) is 2.18. The Balaban J connectivity index is 2.17. The largest absolute Gasteiger partial charge is 0.355 e. The van der Waals surface area contributed by atoms with E-state index in [-0.39, 0.29) is 5.28 Å². The van der Waals surface area contributed by atoms with Crippen LogP contribution in [-0.4, -0.2) is 23.1 Å². The Kier molecular flexibility index (Phi) is 3.55. The van der Waals surface area contributed by atoms with E-state index in [0.717, 1.165) is 18.9 Å². The quantitative estimate of drug-likeness (QED) is 0.764. The Morgan fingerprint density at radius 1 is 1.44 bits per heavy atom. The third-order valence-corrected chi connectivity index (χ3v) is 3.61. The highest BCUT2D eigenvalue weighted by Gasteiger charge is 2.27. The lowest BCUT2D eigenvalue weighted by molar-refractivity contribution is 0.422. The van der Waals surface area contributed by atoms with Gasteiger partial charge >= 0.3 is 0 Å². The van der Waals surface area contributed by atoms with Gasteiger partial charge in [-0.3, -0.25) is 0 Å². The number of hydrogen-bond donors (Lipinski definition) is 0. The molecular weight excluding hydrogens is 245 g/mol. The molecule has 1 saturated heterocycles. The Labute approximate surface area is 106 Å². The van der Waals surface area contributed by atoms with Crippen molar-refractivity contribution in [2.24, 2.45) is 11.8 Å². The summed E-state index contributed by atoms with van der Waals surface area (Å²) < 4.78 is 0. The lowest BCUT2D eigenvalue weighted by atomic mass is 9.95. The molecule has 1 unspecified atom stereocenters. The minimum atomic E-state index is 0.257. The zero-order valence-corrected chi connectivity index (χ0v) is 11.0. The number of halogens is 2. The molecule has 2 heterocycles. The van der Waals surface area contributed by atoms with Crippen LogP contribution < -0.4 is 4.90 Å². The SMILES string of the molecule is CC(C)C1CCN(c2nc(Cl)ncc2Cl)C1. The van der Waals surface area contributed by atoms with Crippen LogP contribution in [0.25, 0.3) is 0 Å². The summed E-state index contributed by atoms with van der Waals surface area (Å²) in [4.78, 5) is 10.3. The Morgan fingerprint density at radius 2 is 2.19 bits per heavy atom. The molecule has 1 atom stereocenters. The average molecular weight is 260 g/mol. The monoisotopic (exact) mass is 259 g/mol. The predicted molar refractivity (Wildman–Crippen MR) is 67.2 cm³/mol. The molecule has 0 aliphatic carbocycles. The molecule has 1 fully saturated rings. The Morgan fingerprint density at radius 3 is 2.81 bits per heavy atom. The molecule has 0 aromatic carbocycles. The molecule has 1 aromatic heterocycles. The Bertz CT molecular complexity index is 381. The maximum atomic E-state index is 6.08. The lowest BCUT2D eigenvalue weighted by Crippen LogP contribution is -2.22. The third kappa shape index (κ3) is 2.41. The van der Waals surface area contributed by atoms with Crippen LogP contribution in [-0.2, 0) is 0 Å². The second kappa shape index (κ2) is 4.76. The summed E-state index contributed by atoms with van der Waals surface area (Å²) in [6.07, 6.45) is 2.75. The minimum Gasteiger partial charge on any atom is -0.355 e. The van der Waals surface area contributed by atoms with E-state index in [2.05, 4.69) is 28.7 Å². The van der Waals surface area contributed by atoms with Crippen molar-refractivity contribution in [3.63, 3.8) is 0 Å². The number of hydrogen-bond acceptors (Lipinski definition) is 3. The van der Waals surface area contributed by atoms with Crippen LogP contribution in [0.5, 0.6) is 0 Å². The molecule has 0 N–H and O–H groups in total. The second-order valence-corrected chi connectivity index (χ2v) is 5.29. The van der Waals surface area contributed by atoms with E-state index in [9.17, 15) is 0 Å². The van der Waals surface area contributed by atoms with Crippen molar-refractivity contribution < 1.29 is 0 Å². The summed E-state index contributed by atoms with van der Waals surface area (Å²) in [7, 11) is 0. The van der Waals surface area contributed by atoms with Gasteiger partial charge < -0.3 is 4.90 Å². The van der Waals surface area contributed by atoms with Gasteiger partial charge in [0, 0.05) is 13.1 Å². The molecule has 16 heavy (non-hydrogen) atoms. The van der Waals surface area contributed by atoms with Gasteiger partial charge in [-0.25, -0.2) is 4.98 Å². The molecule has 2 rings (SSSR count). The van der Waals surface area contributed by atoms with Crippen molar-refractivity contribution in [2.75, 3.05) is 18.0 Å². The van der Waals surface area contributed by atoms with Crippen LogP contribution in [0.1, 0.15) is 20.3 Å². The fraction of sp³-hybridized carbons (Fsp3) is 0.636. The fourth-order valence-corrected chi connectivity index (χ4v) is 2.42. The van der Waals surface area contributed by atoms with Gasteiger partial charge in [0.2, 0.25) is 5.28 Å².